The fraction of sp³-hybridized carbons (Fsp3) is 0.118. The molecule has 0 aliphatic heterocycles. The number of nitrogens with zero attached hydrogens (tertiary/aromatic N) is 2. The lowest BCUT2D eigenvalue weighted by molar-refractivity contribution is -0.125. The van der Waals surface area contributed by atoms with Gasteiger partial charge in [0.25, 0.3) is 0 Å². The minimum absolute atomic E-state index is 0.113. The smallest absolute Gasteiger partial charge is 0.297 e. The van der Waals surface area contributed by atoms with Gasteiger partial charge in [-0.3, -0.25) is 4.79 Å². The van der Waals surface area contributed by atoms with Crippen molar-refractivity contribution in [3.8, 4) is 0 Å². The van der Waals surface area contributed by atoms with E-state index in [4.69, 9.17) is 0 Å². The van der Waals surface area contributed by atoms with Crippen molar-refractivity contribution in [2.45, 2.75) is 0 Å². The summed E-state index contributed by atoms with van der Waals surface area (Å²) < 4.78 is -0.113. The minimum Gasteiger partial charge on any atom is -0.297 e. The molecule has 21 heavy (non-hydrogen) atoms. The van der Waals surface area contributed by atoms with Crippen molar-refractivity contribution >= 4 is 24.1 Å². The second-order valence-electron chi connectivity index (χ2n) is 5.07. The average Bonchev–Trinajstić information content (AvgIpc) is 2.53. The van der Waals surface area contributed by atoms with Crippen LogP contribution in [0.25, 0.3) is 6.08 Å². The number of carbonyl (C=O) groups excluding carboxylic acids is 2. The number of hydrogen-bond acceptors (Lipinski definition) is 3. The van der Waals surface area contributed by atoms with Crippen LogP contribution in [0.2, 0.25) is 0 Å². The fourth-order valence-electron chi connectivity index (χ4n) is 1.99. The molecule has 1 aromatic heterocycles. The summed E-state index contributed by atoms with van der Waals surface area (Å²) in [7, 11) is 3.43. The summed E-state index contributed by atoms with van der Waals surface area (Å²) >= 11 is 0. The first-order valence-electron chi connectivity index (χ1n) is 6.58. The molecule has 0 atom stereocenters. The maximum atomic E-state index is 12.6. The van der Waals surface area contributed by atoms with Gasteiger partial charge in [0, 0.05) is 12.3 Å². The van der Waals surface area contributed by atoms with Crippen molar-refractivity contribution in [2.24, 2.45) is 0 Å². The van der Waals surface area contributed by atoms with E-state index in [1.165, 1.54) is 0 Å². The van der Waals surface area contributed by atoms with Gasteiger partial charge in [0.1, 0.15) is 5.57 Å². The Labute approximate surface area is 124 Å². The molecule has 1 amide bonds. The molecule has 1 heterocycles. The summed E-state index contributed by atoms with van der Waals surface area (Å²) in [6, 6.07) is 14.7. The number of quaternary nitrogens is 1. The molecule has 0 unspecified atom stereocenters. The number of likely N-dealkylation sites (N-methyl/N-ethyl adjacent to an activating group) is 1. The molecule has 0 N–H and O–H groups in total. The van der Waals surface area contributed by atoms with Gasteiger partial charge in [-0.15, -0.1) is 0 Å². The van der Waals surface area contributed by atoms with E-state index in [-0.39, 0.29) is 16.0 Å². The largest absolute Gasteiger partial charge is 0.355 e. The number of pyridine rings is 1. The molecule has 0 aliphatic rings. The van der Waals surface area contributed by atoms with Crippen LogP contribution in [0, 0.1) is 0 Å². The van der Waals surface area contributed by atoms with Crippen LogP contribution < -0.4 is 4.48 Å². The second-order valence-corrected chi connectivity index (χ2v) is 5.07. The molecule has 0 aliphatic carbocycles. The Morgan fingerprint density at radius 2 is 1.71 bits per heavy atom. The van der Waals surface area contributed by atoms with Crippen LogP contribution in [0.3, 0.4) is 0 Å². The highest BCUT2D eigenvalue weighted by Crippen LogP contribution is 2.19. The van der Waals surface area contributed by atoms with Crippen LogP contribution in [0.1, 0.15) is 5.56 Å². The van der Waals surface area contributed by atoms with Crippen LogP contribution in [-0.2, 0) is 9.59 Å². The van der Waals surface area contributed by atoms with Crippen LogP contribution in [0.4, 0.5) is 5.82 Å². The zero-order chi connectivity index (χ0) is 15.3. The molecule has 0 spiro atoms. The lowest BCUT2D eigenvalue weighted by Crippen LogP contribution is -2.48. The molecule has 106 valence electrons. The monoisotopic (exact) mass is 281 g/mol. The average molecular weight is 281 g/mol. The third kappa shape index (κ3) is 3.30. The Morgan fingerprint density at radius 3 is 2.29 bits per heavy atom. The first-order valence-corrected chi connectivity index (χ1v) is 6.58. The van der Waals surface area contributed by atoms with Crippen molar-refractivity contribution < 1.29 is 9.59 Å². The Hall–Kier alpha value is -2.59. The molecular weight excluding hydrogens is 264 g/mol. The van der Waals surface area contributed by atoms with Gasteiger partial charge in [-0.25, -0.2) is 14.3 Å². The highest BCUT2D eigenvalue weighted by atomic mass is 16.2. The van der Waals surface area contributed by atoms with E-state index in [0.29, 0.717) is 12.1 Å². The standard InChI is InChI=1S/C17H17N2O2/c1-19(2,16-10-6-7-11-18-16)17(21)15(13-20)12-14-8-4-3-5-9-14/h3-13H,1-2H3/q+1. The zero-order valence-corrected chi connectivity index (χ0v) is 12.1. The van der Waals surface area contributed by atoms with Crippen LogP contribution in [0.5, 0.6) is 0 Å². The van der Waals surface area contributed by atoms with Crippen molar-refractivity contribution in [2.75, 3.05) is 14.1 Å². The summed E-state index contributed by atoms with van der Waals surface area (Å²) in [6.07, 6.45) is 3.82. The van der Waals surface area contributed by atoms with Crippen molar-refractivity contribution in [1.82, 2.24) is 9.47 Å². The molecule has 0 saturated heterocycles. The van der Waals surface area contributed by atoms with E-state index >= 15 is 0 Å². The summed E-state index contributed by atoms with van der Waals surface area (Å²) in [5.41, 5.74) is 0.936. The summed E-state index contributed by atoms with van der Waals surface area (Å²) in [6.45, 7) is 0. The Balaban J connectivity index is 2.37. The van der Waals surface area contributed by atoms with Crippen molar-refractivity contribution in [3.05, 3.63) is 65.9 Å². The van der Waals surface area contributed by atoms with Crippen LogP contribution >= 0.6 is 0 Å². The predicted molar refractivity (Wildman–Crippen MR) is 83.4 cm³/mol. The van der Waals surface area contributed by atoms with E-state index < -0.39 is 0 Å². The van der Waals surface area contributed by atoms with E-state index in [2.05, 4.69) is 4.98 Å². The Bertz CT molecular complexity index is 662. The van der Waals surface area contributed by atoms with Gasteiger partial charge in [-0.05, 0) is 17.7 Å². The zero-order valence-electron chi connectivity index (χ0n) is 12.1. The van der Waals surface area contributed by atoms with Crippen molar-refractivity contribution in [1.29, 1.82) is 0 Å². The van der Waals surface area contributed by atoms with Gasteiger partial charge in [0.05, 0.1) is 14.1 Å². The number of hydrogen-bond donors (Lipinski definition) is 0. The molecule has 2 rings (SSSR count). The first-order chi connectivity index (χ1) is 10.1. The number of benzene rings is 1. The molecule has 0 radical (unpaired) electrons. The lowest BCUT2D eigenvalue weighted by atomic mass is 10.1. The molecule has 2 aromatic rings. The van der Waals surface area contributed by atoms with Gasteiger partial charge in [-0.2, -0.15) is 0 Å². The molecule has 0 saturated carbocycles. The topological polar surface area (TPSA) is 47.0 Å². The Kier molecular flexibility index (Phi) is 4.40. The quantitative estimate of drug-likeness (QED) is 0.284. The summed E-state index contributed by atoms with van der Waals surface area (Å²) in [5.74, 6) is 0.288. The molecular formula is C17H17N2O2+. The number of aromatic nitrogens is 1. The highest BCUT2D eigenvalue weighted by molar-refractivity contribution is 6.17. The van der Waals surface area contributed by atoms with E-state index in [1.54, 1.807) is 38.5 Å². The van der Waals surface area contributed by atoms with Gasteiger partial charge in [-0.1, -0.05) is 36.4 Å². The highest BCUT2D eigenvalue weighted by Gasteiger charge is 2.33. The lowest BCUT2D eigenvalue weighted by Gasteiger charge is -2.24. The molecule has 0 fully saturated rings. The van der Waals surface area contributed by atoms with Gasteiger partial charge < -0.3 is 0 Å². The Morgan fingerprint density at radius 1 is 1.05 bits per heavy atom. The fourth-order valence-corrected chi connectivity index (χ4v) is 1.99. The molecule has 4 nitrogen and oxygen atoms in total. The summed E-state index contributed by atoms with van der Waals surface area (Å²) in [4.78, 5) is 28.1. The number of aldehydes is 1. The third-order valence-corrected chi connectivity index (χ3v) is 3.23. The van der Waals surface area contributed by atoms with Gasteiger partial charge >= 0.3 is 5.91 Å². The number of rotatable bonds is 4. The van der Waals surface area contributed by atoms with Gasteiger partial charge in [0.2, 0.25) is 5.82 Å². The predicted octanol–water partition coefficient (Wildman–Crippen LogP) is 2.46. The minimum atomic E-state index is -0.299. The van der Waals surface area contributed by atoms with Crippen molar-refractivity contribution in [3.63, 3.8) is 0 Å². The van der Waals surface area contributed by atoms with Crippen LogP contribution in [0.15, 0.2) is 60.3 Å². The van der Waals surface area contributed by atoms with Gasteiger partial charge in [0.15, 0.2) is 6.29 Å². The third-order valence-electron chi connectivity index (χ3n) is 3.23. The summed E-state index contributed by atoms with van der Waals surface area (Å²) in [5, 5.41) is 0. The molecule has 1 aromatic carbocycles. The second kappa shape index (κ2) is 6.24. The number of carbonyl (C=O) groups is 2. The molecule has 0 bridgehead atoms. The SMILES string of the molecule is C[N+](C)(C(=O)C(C=O)=Cc1ccccc1)c1ccccn1. The maximum absolute atomic E-state index is 12.6. The van der Waals surface area contributed by atoms with E-state index in [0.717, 1.165) is 5.56 Å². The van der Waals surface area contributed by atoms with E-state index in [9.17, 15) is 9.59 Å². The number of amides is 1. The van der Waals surface area contributed by atoms with Crippen LogP contribution in [-0.4, -0.2) is 31.3 Å². The van der Waals surface area contributed by atoms with E-state index in [1.807, 2.05) is 36.4 Å². The first kappa shape index (κ1) is 14.8. The normalized spacial score (nSPS) is 12.0. The molecule has 4 heteroatoms. The maximum Gasteiger partial charge on any atom is 0.355 e.